The molecule has 0 spiro atoms. The van der Waals surface area contributed by atoms with E-state index in [-0.39, 0.29) is 6.04 Å². The molecule has 1 atom stereocenters. The summed E-state index contributed by atoms with van der Waals surface area (Å²) in [5, 5.41) is 2.08. The Hall–Kier alpha value is 0.450. The first kappa shape index (κ1) is 13.5. The number of hydrogen-bond acceptors (Lipinski definition) is 4. The van der Waals surface area contributed by atoms with Gasteiger partial charge in [-0.1, -0.05) is 13.8 Å². The number of hydrogen-bond donors (Lipinski definition) is 2. The zero-order chi connectivity index (χ0) is 11.3. The van der Waals surface area contributed by atoms with E-state index in [2.05, 4.69) is 46.6 Å². The first-order chi connectivity index (χ1) is 7.15. The van der Waals surface area contributed by atoms with Gasteiger partial charge in [0.05, 0.1) is 6.04 Å². The monoisotopic (exact) mass is 308 g/mol. The molecule has 0 aromatic carbocycles. The maximum atomic E-state index is 5.57. The van der Waals surface area contributed by atoms with Gasteiger partial charge in [0.2, 0.25) is 0 Å². The van der Waals surface area contributed by atoms with Crippen LogP contribution in [0.3, 0.4) is 0 Å². The van der Waals surface area contributed by atoms with E-state index in [0.29, 0.717) is 0 Å². The molecular formula is C10H17BrN2S2. The second kappa shape index (κ2) is 6.91. The Morgan fingerprint density at radius 3 is 2.73 bits per heavy atom. The van der Waals surface area contributed by atoms with E-state index in [1.54, 1.807) is 11.3 Å². The number of nitrogens with two attached hydrogens (primary N) is 1. The molecule has 86 valence electrons. The molecule has 15 heavy (non-hydrogen) atoms. The molecule has 0 aliphatic rings. The van der Waals surface area contributed by atoms with E-state index < -0.39 is 0 Å². The molecule has 1 aromatic heterocycles. The first-order valence-corrected chi connectivity index (χ1v) is 7.74. The second-order valence-electron chi connectivity index (χ2n) is 3.78. The molecule has 0 aliphatic carbocycles. The maximum absolute atomic E-state index is 5.57. The van der Waals surface area contributed by atoms with Crippen LogP contribution < -0.4 is 11.3 Å². The molecule has 0 aliphatic heterocycles. The SMILES string of the molecule is CC(C)CSCC(NN)c1sccc1Br. The van der Waals surface area contributed by atoms with Crippen LogP contribution in [0.25, 0.3) is 0 Å². The molecule has 5 heteroatoms. The van der Waals surface area contributed by atoms with Crippen LogP contribution in [0.2, 0.25) is 0 Å². The Labute approximate surface area is 108 Å². The largest absolute Gasteiger partial charge is 0.271 e. The van der Waals surface area contributed by atoms with Gasteiger partial charge in [0, 0.05) is 15.1 Å². The minimum absolute atomic E-state index is 0.253. The summed E-state index contributed by atoms with van der Waals surface area (Å²) in [5.74, 6) is 8.51. The summed E-state index contributed by atoms with van der Waals surface area (Å²) in [4.78, 5) is 1.29. The summed E-state index contributed by atoms with van der Waals surface area (Å²) in [7, 11) is 0. The lowest BCUT2D eigenvalue weighted by atomic mass is 10.3. The highest BCUT2D eigenvalue weighted by Gasteiger charge is 2.14. The van der Waals surface area contributed by atoms with Crippen molar-refractivity contribution in [1.82, 2.24) is 5.43 Å². The van der Waals surface area contributed by atoms with E-state index >= 15 is 0 Å². The Morgan fingerprint density at radius 1 is 1.53 bits per heavy atom. The van der Waals surface area contributed by atoms with Gasteiger partial charge in [-0.25, -0.2) is 0 Å². The van der Waals surface area contributed by atoms with Gasteiger partial charge in [-0.3, -0.25) is 11.3 Å². The van der Waals surface area contributed by atoms with Crippen molar-refractivity contribution in [1.29, 1.82) is 0 Å². The molecule has 0 saturated heterocycles. The molecule has 0 bridgehead atoms. The Kier molecular flexibility index (Phi) is 6.23. The third kappa shape index (κ3) is 4.44. The molecule has 0 radical (unpaired) electrons. The van der Waals surface area contributed by atoms with E-state index in [1.807, 2.05) is 11.8 Å². The van der Waals surface area contributed by atoms with Crippen molar-refractivity contribution in [2.45, 2.75) is 19.9 Å². The van der Waals surface area contributed by atoms with Crippen LogP contribution >= 0.6 is 39.0 Å². The van der Waals surface area contributed by atoms with Gasteiger partial charge < -0.3 is 0 Å². The molecule has 3 N–H and O–H groups in total. The molecule has 1 unspecified atom stereocenters. The van der Waals surface area contributed by atoms with Gasteiger partial charge in [0.15, 0.2) is 0 Å². The standard InChI is InChI=1S/C10H17BrN2S2/c1-7(2)5-14-6-9(13-12)10-8(11)3-4-15-10/h3-4,7,9,13H,5-6,12H2,1-2H3. The zero-order valence-corrected chi connectivity index (χ0v) is 12.2. The van der Waals surface area contributed by atoms with Gasteiger partial charge >= 0.3 is 0 Å². The van der Waals surface area contributed by atoms with Crippen LogP contribution in [-0.2, 0) is 0 Å². The van der Waals surface area contributed by atoms with Gasteiger partial charge in [0.1, 0.15) is 0 Å². The van der Waals surface area contributed by atoms with Gasteiger partial charge in [-0.05, 0) is 39.0 Å². The van der Waals surface area contributed by atoms with Crippen molar-refractivity contribution in [3.63, 3.8) is 0 Å². The smallest absolute Gasteiger partial charge is 0.0654 e. The molecular weight excluding hydrogens is 292 g/mol. The highest BCUT2D eigenvalue weighted by Crippen LogP contribution is 2.30. The fourth-order valence-electron chi connectivity index (χ4n) is 1.18. The number of thioether (sulfide) groups is 1. The van der Waals surface area contributed by atoms with E-state index in [4.69, 9.17) is 5.84 Å². The van der Waals surface area contributed by atoms with Crippen LogP contribution in [0.1, 0.15) is 24.8 Å². The number of thiophene rings is 1. The van der Waals surface area contributed by atoms with Gasteiger partial charge in [-0.2, -0.15) is 11.8 Å². The van der Waals surface area contributed by atoms with Crippen LogP contribution in [0, 0.1) is 5.92 Å². The normalized spacial score (nSPS) is 13.4. The predicted molar refractivity (Wildman–Crippen MR) is 74.2 cm³/mol. The third-order valence-corrected chi connectivity index (χ3v) is 5.35. The van der Waals surface area contributed by atoms with Crippen molar-refractivity contribution >= 4 is 39.0 Å². The summed E-state index contributed by atoms with van der Waals surface area (Å²) in [6.07, 6.45) is 0. The van der Waals surface area contributed by atoms with Crippen LogP contribution in [0.4, 0.5) is 0 Å². The summed E-state index contributed by atoms with van der Waals surface area (Å²) >= 11 is 7.22. The maximum Gasteiger partial charge on any atom is 0.0654 e. The number of rotatable bonds is 6. The van der Waals surface area contributed by atoms with Gasteiger partial charge in [-0.15, -0.1) is 11.3 Å². The molecule has 1 heterocycles. The zero-order valence-electron chi connectivity index (χ0n) is 9.00. The molecule has 0 fully saturated rings. The quantitative estimate of drug-likeness (QED) is 0.625. The van der Waals surface area contributed by atoms with Crippen LogP contribution in [0.15, 0.2) is 15.9 Å². The highest BCUT2D eigenvalue weighted by atomic mass is 79.9. The van der Waals surface area contributed by atoms with Gasteiger partial charge in [0.25, 0.3) is 0 Å². The first-order valence-electron chi connectivity index (χ1n) is 4.92. The summed E-state index contributed by atoms with van der Waals surface area (Å²) < 4.78 is 1.15. The van der Waals surface area contributed by atoms with Crippen LogP contribution in [0.5, 0.6) is 0 Å². The van der Waals surface area contributed by atoms with Crippen molar-refractivity contribution in [2.24, 2.45) is 11.8 Å². The summed E-state index contributed by atoms with van der Waals surface area (Å²) in [6.45, 7) is 4.47. The predicted octanol–water partition coefficient (Wildman–Crippen LogP) is 3.40. The van der Waals surface area contributed by atoms with Crippen molar-refractivity contribution in [2.75, 3.05) is 11.5 Å². The lowest BCUT2D eigenvalue weighted by Crippen LogP contribution is -2.29. The third-order valence-electron chi connectivity index (χ3n) is 1.90. The fraction of sp³-hybridized carbons (Fsp3) is 0.600. The molecule has 1 rings (SSSR count). The fourth-order valence-corrected chi connectivity index (χ4v) is 4.10. The summed E-state index contributed by atoms with van der Waals surface area (Å²) in [5.41, 5.74) is 2.88. The molecule has 0 saturated carbocycles. The number of nitrogens with one attached hydrogen (secondary N) is 1. The molecule has 0 amide bonds. The Morgan fingerprint density at radius 2 is 2.27 bits per heavy atom. The number of halogens is 1. The molecule has 1 aromatic rings. The highest BCUT2D eigenvalue weighted by molar-refractivity contribution is 9.10. The van der Waals surface area contributed by atoms with Crippen molar-refractivity contribution in [3.8, 4) is 0 Å². The topological polar surface area (TPSA) is 38.0 Å². The minimum atomic E-state index is 0.253. The van der Waals surface area contributed by atoms with Crippen LogP contribution in [-0.4, -0.2) is 11.5 Å². The summed E-state index contributed by atoms with van der Waals surface area (Å²) in [6, 6.07) is 2.32. The van der Waals surface area contributed by atoms with E-state index in [0.717, 1.165) is 16.1 Å². The average Bonchev–Trinajstić information content (AvgIpc) is 2.59. The van der Waals surface area contributed by atoms with Crippen molar-refractivity contribution < 1.29 is 0 Å². The van der Waals surface area contributed by atoms with E-state index in [9.17, 15) is 0 Å². The lowest BCUT2D eigenvalue weighted by Gasteiger charge is -2.15. The Bertz CT molecular complexity index is 289. The molecule has 2 nitrogen and oxygen atoms in total. The lowest BCUT2D eigenvalue weighted by molar-refractivity contribution is 0.617. The Balaban J connectivity index is 2.46. The van der Waals surface area contributed by atoms with Crippen molar-refractivity contribution in [3.05, 3.63) is 20.8 Å². The number of hydrazine groups is 1. The minimum Gasteiger partial charge on any atom is -0.271 e. The van der Waals surface area contributed by atoms with E-state index in [1.165, 1.54) is 10.6 Å². The second-order valence-corrected chi connectivity index (χ2v) is 6.66. The average molecular weight is 309 g/mol.